The average molecular weight is 407 g/mol. The first kappa shape index (κ1) is 22.1. The Bertz CT molecular complexity index is 858. The van der Waals surface area contributed by atoms with Gasteiger partial charge >= 0.3 is 0 Å². The van der Waals surface area contributed by atoms with Crippen LogP contribution in [0.4, 0.5) is 11.4 Å². The Morgan fingerprint density at radius 2 is 1.27 bits per heavy atom. The molecule has 4 heteroatoms. The molecule has 2 aromatic rings. The number of nitrogen functional groups attached to an aromatic ring is 1. The lowest BCUT2D eigenvalue weighted by Gasteiger charge is -2.14. The molecule has 1 aliphatic rings. The van der Waals surface area contributed by atoms with Gasteiger partial charge in [-0.15, -0.1) is 0 Å². The van der Waals surface area contributed by atoms with Crippen LogP contribution in [0.15, 0.2) is 42.5 Å². The summed E-state index contributed by atoms with van der Waals surface area (Å²) >= 11 is 0. The molecule has 2 amide bonds. The van der Waals surface area contributed by atoms with Gasteiger partial charge in [0, 0.05) is 5.69 Å². The number of aryl methyl sites for hydroxylation is 1. The van der Waals surface area contributed by atoms with Crippen LogP contribution in [0, 0.1) is 0 Å². The number of nitrogens with two attached hydrogens (primary N) is 1. The standard InChI is InChI=1S/C26H34N2O2/c1-2-3-4-5-6-7-8-9-10-11-12-20-13-16-22(17-14-20)28-25(29)23-18-15-21(27)19-24(23)26(28)30/h13-19H,2-12,27H2,1H3. The van der Waals surface area contributed by atoms with E-state index in [2.05, 4.69) is 6.92 Å². The zero-order chi connectivity index (χ0) is 21.3. The van der Waals surface area contributed by atoms with E-state index >= 15 is 0 Å². The average Bonchev–Trinajstić information content (AvgIpc) is 2.99. The number of hydrogen-bond donors (Lipinski definition) is 1. The lowest BCUT2D eigenvalue weighted by molar-refractivity contribution is 0.0926. The Hall–Kier alpha value is -2.62. The monoisotopic (exact) mass is 406 g/mol. The topological polar surface area (TPSA) is 63.4 Å². The molecule has 160 valence electrons. The van der Waals surface area contributed by atoms with Crippen molar-refractivity contribution in [1.82, 2.24) is 0 Å². The van der Waals surface area contributed by atoms with Crippen molar-refractivity contribution in [2.24, 2.45) is 0 Å². The predicted octanol–water partition coefficient (Wildman–Crippen LogP) is 6.53. The number of unbranched alkanes of at least 4 members (excludes halogenated alkanes) is 9. The Morgan fingerprint density at radius 3 is 1.90 bits per heavy atom. The number of hydrogen-bond acceptors (Lipinski definition) is 3. The van der Waals surface area contributed by atoms with Crippen LogP contribution in [0.3, 0.4) is 0 Å². The first-order valence-corrected chi connectivity index (χ1v) is 11.5. The van der Waals surface area contributed by atoms with E-state index in [1.54, 1.807) is 18.2 Å². The molecular formula is C26H34N2O2. The largest absolute Gasteiger partial charge is 0.399 e. The summed E-state index contributed by atoms with van der Waals surface area (Å²) < 4.78 is 0. The summed E-state index contributed by atoms with van der Waals surface area (Å²) in [5.41, 5.74) is 8.93. The van der Waals surface area contributed by atoms with Gasteiger partial charge < -0.3 is 5.73 Å². The Kier molecular flexibility index (Phi) is 8.06. The molecule has 0 fully saturated rings. The highest BCUT2D eigenvalue weighted by molar-refractivity contribution is 6.34. The first-order valence-electron chi connectivity index (χ1n) is 11.5. The van der Waals surface area contributed by atoms with E-state index in [0.717, 1.165) is 6.42 Å². The van der Waals surface area contributed by atoms with Gasteiger partial charge in [0.2, 0.25) is 0 Å². The van der Waals surface area contributed by atoms with Crippen molar-refractivity contribution in [3.05, 3.63) is 59.2 Å². The summed E-state index contributed by atoms with van der Waals surface area (Å²) in [6, 6.07) is 12.7. The second-order valence-corrected chi connectivity index (χ2v) is 8.35. The maximum atomic E-state index is 12.7. The van der Waals surface area contributed by atoms with Crippen molar-refractivity contribution in [3.63, 3.8) is 0 Å². The fourth-order valence-electron chi connectivity index (χ4n) is 4.12. The summed E-state index contributed by atoms with van der Waals surface area (Å²) in [5, 5.41) is 0. The molecule has 0 aliphatic carbocycles. The molecule has 1 aliphatic heterocycles. The van der Waals surface area contributed by atoms with Crippen LogP contribution < -0.4 is 10.6 Å². The van der Waals surface area contributed by atoms with Crippen molar-refractivity contribution in [3.8, 4) is 0 Å². The van der Waals surface area contributed by atoms with Crippen LogP contribution in [0.5, 0.6) is 0 Å². The molecule has 2 aromatic carbocycles. The van der Waals surface area contributed by atoms with Gasteiger partial charge in [0.1, 0.15) is 0 Å². The Labute approximate surface area is 180 Å². The van der Waals surface area contributed by atoms with E-state index in [0.29, 0.717) is 22.5 Å². The van der Waals surface area contributed by atoms with Crippen LogP contribution in [-0.2, 0) is 6.42 Å². The van der Waals surface area contributed by atoms with E-state index in [-0.39, 0.29) is 11.8 Å². The normalized spacial score (nSPS) is 13.2. The fraction of sp³-hybridized carbons (Fsp3) is 0.462. The van der Waals surface area contributed by atoms with E-state index < -0.39 is 0 Å². The molecule has 3 rings (SSSR count). The summed E-state index contributed by atoms with van der Waals surface area (Å²) in [6.45, 7) is 2.26. The molecule has 0 saturated heterocycles. The second kappa shape index (κ2) is 11.0. The molecule has 0 aromatic heterocycles. The molecule has 30 heavy (non-hydrogen) atoms. The summed E-state index contributed by atoms with van der Waals surface area (Å²) in [5.74, 6) is -0.581. The van der Waals surface area contributed by atoms with E-state index in [4.69, 9.17) is 5.73 Å². The molecule has 2 N–H and O–H groups in total. The smallest absolute Gasteiger partial charge is 0.266 e. The number of anilines is 2. The van der Waals surface area contributed by atoms with Crippen molar-refractivity contribution >= 4 is 23.2 Å². The molecule has 0 spiro atoms. The molecule has 0 atom stereocenters. The fourth-order valence-corrected chi connectivity index (χ4v) is 4.12. The Morgan fingerprint density at radius 1 is 0.700 bits per heavy atom. The number of carbonyl (C=O) groups excluding carboxylic acids is 2. The van der Waals surface area contributed by atoms with Crippen molar-refractivity contribution in [2.45, 2.75) is 77.6 Å². The van der Waals surface area contributed by atoms with Crippen LogP contribution in [-0.4, -0.2) is 11.8 Å². The minimum absolute atomic E-state index is 0.280. The zero-order valence-corrected chi connectivity index (χ0v) is 18.2. The van der Waals surface area contributed by atoms with Crippen molar-refractivity contribution < 1.29 is 9.59 Å². The quantitative estimate of drug-likeness (QED) is 0.247. The van der Waals surface area contributed by atoms with Gasteiger partial charge in [-0.25, -0.2) is 4.90 Å². The molecule has 0 radical (unpaired) electrons. The lowest BCUT2D eigenvalue weighted by Crippen LogP contribution is -2.29. The van der Waals surface area contributed by atoms with Gasteiger partial charge in [0.05, 0.1) is 16.8 Å². The molecule has 1 heterocycles. The van der Waals surface area contributed by atoms with Gasteiger partial charge in [0.15, 0.2) is 0 Å². The predicted molar refractivity (Wildman–Crippen MR) is 124 cm³/mol. The molecule has 0 bridgehead atoms. The summed E-state index contributed by atoms with van der Waals surface area (Å²) in [4.78, 5) is 26.5. The number of benzene rings is 2. The van der Waals surface area contributed by atoms with E-state index in [9.17, 15) is 9.59 Å². The number of fused-ring (bicyclic) bond motifs is 1. The highest BCUT2D eigenvalue weighted by atomic mass is 16.2. The third kappa shape index (κ3) is 5.50. The highest BCUT2D eigenvalue weighted by Crippen LogP contribution is 2.30. The van der Waals surface area contributed by atoms with Gasteiger partial charge in [-0.3, -0.25) is 9.59 Å². The second-order valence-electron chi connectivity index (χ2n) is 8.35. The van der Waals surface area contributed by atoms with Gasteiger partial charge in [-0.1, -0.05) is 76.8 Å². The minimum atomic E-state index is -0.301. The molecule has 4 nitrogen and oxygen atoms in total. The van der Waals surface area contributed by atoms with Gasteiger partial charge in [0.25, 0.3) is 11.8 Å². The number of amides is 2. The van der Waals surface area contributed by atoms with E-state index in [1.807, 2.05) is 24.3 Å². The van der Waals surface area contributed by atoms with Crippen molar-refractivity contribution in [1.29, 1.82) is 0 Å². The third-order valence-electron chi connectivity index (χ3n) is 5.92. The molecular weight excluding hydrogens is 372 g/mol. The maximum absolute atomic E-state index is 12.7. The van der Waals surface area contributed by atoms with Crippen LogP contribution >= 0.6 is 0 Å². The zero-order valence-electron chi connectivity index (χ0n) is 18.2. The van der Waals surface area contributed by atoms with Crippen LogP contribution in [0.25, 0.3) is 0 Å². The summed E-state index contributed by atoms with van der Waals surface area (Å²) in [7, 11) is 0. The SMILES string of the molecule is CCCCCCCCCCCCc1ccc(N2C(=O)c3ccc(N)cc3C2=O)cc1. The number of rotatable bonds is 12. The first-order chi connectivity index (χ1) is 14.6. The minimum Gasteiger partial charge on any atom is -0.399 e. The highest BCUT2D eigenvalue weighted by Gasteiger charge is 2.36. The number of nitrogens with zero attached hydrogens (tertiary/aromatic N) is 1. The number of carbonyl (C=O) groups is 2. The lowest BCUT2D eigenvalue weighted by atomic mass is 10.0. The van der Waals surface area contributed by atoms with Crippen LogP contribution in [0.2, 0.25) is 0 Å². The Balaban J connectivity index is 1.42. The van der Waals surface area contributed by atoms with E-state index in [1.165, 1.54) is 74.7 Å². The molecule has 0 saturated carbocycles. The third-order valence-corrected chi connectivity index (χ3v) is 5.92. The maximum Gasteiger partial charge on any atom is 0.266 e. The number of imide groups is 1. The summed E-state index contributed by atoms with van der Waals surface area (Å²) in [6.07, 6.45) is 14.3. The van der Waals surface area contributed by atoms with Gasteiger partial charge in [-0.2, -0.15) is 0 Å². The van der Waals surface area contributed by atoms with Gasteiger partial charge in [-0.05, 0) is 48.7 Å². The van der Waals surface area contributed by atoms with Crippen LogP contribution in [0.1, 0.15) is 97.4 Å². The van der Waals surface area contributed by atoms with Crippen molar-refractivity contribution in [2.75, 3.05) is 10.6 Å². The molecule has 0 unspecified atom stereocenters.